The van der Waals surface area contributed by atoms with Crippen molar-refractivity contribution < 1.29 is 9.53 Å². The van der Waals surface area contributed by atoms with Gasteiger partial charge in [0.25, 0.3) is 0 Å². The molecule has 4 nitrogen and oxygen atoms in total. The number of rotatable bonds is 4. The molecule has 2 N–H and O–H groups in total. The summed E-state index contributed by atoms with van der Waals surface area (Å²) in [5, 5.41) is 0. The van der Waals surface area contributed by atoms with Gasteiger partial charge >= 0.3 is 5.97 Å². The van der Waals surface area contributed by atoms with Crippen molar-refractivity contribution in [3.63, 3.8) is 0 Å². The van der Waals surface area contributed by atoms with Gasteiger partial charge in [0, 0.05) is 18.8 Å². The van der Waals surface area contributed by atoms with Gasteiger partial charge in [-0.15, -0.1) is 0 Å². The molecule has 0 bridgehead atoms. The summed E-state index contributed by atoms with van der Waals surface area (Å²) in [6, 6.07) is 16.1. The minimum atomic E-state index is -0.317. The molecule has 0 radical (unpaired) electrons. The van der Waals surface area contributed by atoms with Crippen LogP contribution in [0.5, 0.6) is 0 Å². The van der Waals surface area contributed by atoms with Crippen LogP contribution in [0.25, 0.3) is 0 Å². The molecule has 0 saturated heterocycles. The normalized spacial score (nSPS) is 14.5. The highest BCUT2D eigenvalue weighted by Gasteiger charge is 2.26. The van der Waals surface area contributed by atoms with Crippen LogP contribution in [0.15, 0.2) is 48.5 Å². The number of esters is 1. The number of nitrogens with zero attached hydrogens (tertiary/aromatic N) is 1. The van der Waals surface area contributed by atoms with Gasteiger partial charge in [-0.3, -0.25) is 0 Å². The lowest BCUT2D eigenvalue weighted by Gasteiger charge is -2.30. The average molecular weight is 296 g/mol. The molecule has 1 aliphatic heterocycles. The third-order valence-electron chi connectivity index (χ3n) is 4.24. The van der Waals surface area contributed by atoms with Crippen molar-refractivity contribution in [2.24, 2.45) is 5.73 Å². The minimum Gasteiger partial charge on any atom is -0.465 e. The van der Waals surface area contributed by atoms with Gasteiger partial charge in [0.1, 0.15) is 0 Å². The number of hydrogen-bond donors (Lipinski definition) is 1. The van der Waals surface area contributed by atoms with E-state index in [0.717, 1.165) is 18.5 Å². The number of fused-ring (bicyclic) bond motifs is 1. The van der Waals surface area contributed by atoms with E-state index in [1.165, 1.54) is 18.4 Å². The number of carbonyl (C=O) groups is 1. The summed E-state index contributed by atoms with van der Waals surface area (Å²) in [5.74, 6) is -0.317. The predicted molar refractivity (Wildman–Crippen MR) is 87.1 cm³/mol. The van der Waals surface area contributed by atoms with Crippen LogP contribution in [-0.4, -0.2) is 26.2 Å². The Bertz CT molecular complexity index is 667. The molecule has 1 heterocycles. The van der Waals surface area contributed by atoms with Gasteiger partial charge in [-0.05, 0) is 35.7 Å². The van der Waals surface area contributed by atoms with Crippen LogP contribution in [0.2, 0.25) is 0 Å². The van der Waals surface area contributed by atoms with Gasteiger partial charge in [-0.1, -0.05) is 30.3 Å². The van der Waals surface area contributed by atoms with Crippen molar-refractivity contribution in [3.05, 3.63) is 65.2 Å². The fourth-order valence-electron chi connectivity index (χ4n) is 3.09. The van der Waals surface area contributed by atoms with Crippen molar-refractivity contribution in [3.8, 4) is 0 Å². The quantitative estimate of drug-likeness (QED) is 0.881. The lowest BCUT2D eigenvalue weighted by Crippen LogP contribution is -2.32. The van der Waals surface area contributed by atoms with E-state index in [1.807, 2.05) is 12.1 Å². The van der Waals surface area contributed by atoms with Gasteiger partial charge < -0.3 is 15.4 Å². The van der Waals surface area contributed by atoms with E-state index in [-0.39, 0.29) is 12.0 Å². The smallest absolute Gasteiger partial charge is 0.337 e. The molecule has 2 aromatic rings. The van der Waals surface area contributed by atoms with Crippen molar-refractivity contribution in [1.82, 2.24) is 0 Å². The molecule has 3 rings (SSSR count). The second kappa shape index (κ2) is 6.20. The number of anilines is 1. The molecule has 114 valence electrons. The first-order valence-electron chi connectivity index (χ1n) is 7.47. The summed E-state index contributed by atoms with van der Waals surface area (Å²) >= 11 is 0. The maximum Gasteiger partial charge on any atom is 0.337 e. The number of nitrogens with two attached hydrogens (primary N) is 1. The summed E-state index contributed by atoms with van der Waals surface area (Å²) in [4.78, 5) is 13.9. The Hall–Kier alpha value is -2.33. The van der Waals surface area contributed by atoms with Gasteiger partial charge in [0.15, 0.2) is 0 Å². The Morgan fingerprint density at radius 2 is 1.95 bits per heavy atom. The van der Waals surface area contributed by atoms with Crippen LogP contribution in [0.4, 0.5) is 5.69 Å². The molecule has 1 aliphatic rings. The molecule has 0 fully saturated rings. The third-order valence-corrected chi connectivity index (χ3v) is 4.24. The first-order valence-corrected chi connectivity index (χ1v) is 7.47. The van der Waals surface area contributed by atoms with E-state index in [0.29, 0.717) is 12.1 Å². The van der Waals surface area contributed by atoms with E-state index < -0.39 is 0 Å². The largest absolute Gasteiger partial charge is 0.465 e. The van der Waals surface area contributed by atoms with Crippen LogP contribution >= 0.6 is 0 Å². The fourth-order valence-corrected chi connectivity index (χ4v) is 3.09. The van der Waals surface area contributed by atoms with Crippen LogP contribution < -0.4 is 10.6 Å². The molecule has 4 heteroatoms. The summed E-state index contributed by atoms with van der Waals surface area (Å²) in [7, 11) is 1.39. The molecular weight excluding hydrogens is 276 g/mol. The summed E-state index contributed by atoms with van der Waals surface area (Å²) in [6.07, 6.45) is 1.05. The standard InChI is InChI=1S/C18H20N2O2/c1-22-18(21)15-8-6-14(7-9-15)17(12-19)20-11-10-13-4-2-3-5-16(13)20/h2-9,17H,10-12,19H2,1H3. The maximum atomic E-state index is 11.5. The zero-order chi connectivity index (χ0) is 15.5. The number of hydrogen-bond acceptors (Lipinski definition) is 4. The molecule has 1 unspecified atom stereocenters. The first-order chi connectivity index (χ1) is 10.7. The van der Waals surface area contributed by atoms with Gasteiger partial charge in [-0.25, -0.2) is 4.79 Å². The topological polar surface area (TPSA) is 55.6 Å². The highest BCUT2D eigenvalue weighted by molar-refractivity contribution is 5.89. The summed E-state index contributed by atoms with van der Waals surface area (Å²) < 4.78 is 4.74. The average Bonchev–Trinajstić information content (AvgIpc) is 3.00. The van der Waals surface area contributed by atoms with Crippen molar-refractivity contribution in [2.45, 2.75) is 12.5 Å². The van der Waals surface area contributed by atoms with Crippen molar-refractivity contribution in [2.75, 3.05) is 25.1 Å². The van der Waals surface area contributed by atoms with Gasteiger partial charge in [0.05, 0.1) is 18.7 Å². The Balaban J connectivity index is 1.88. The molecule has 22 heavy (non-hydrogen) atoms. The van der Waals surface area contributed by atoms with Crippen molar-refractivity contribution >= 4 is 11.7 Å². The summed E-state index contributed by atoms with van der Waals surface area (Å²) in [6.45, 7) is 1.51. The fraction of sp³-hybridized carbons (Fsp3) is 0.278. The van der Waals surface area contributed by atoms with Crippen LogP contribution in [0.1, 0.15) is 27.5 Å². The molecule has 0 aromatic heterocycles. The van der Waals surface area contributed by atoms with Crippen LogP contribution in [-0.2, 0) is 11.2 Å². The number of benzene rings is 2. The first kappa shape index (κ1) is 14.6. The van der Waals surface area contributed by atoms with E-state index >= 15 is 0 Å². The molecule has 0 saturated carbocycles. The summed E-state index contributed by atoms with van der Waals surface area (Å²) in [5.41, 5.74) is 10.3. The minimum absolute atomic E-state index is 0.121. The van der Waals surface area contributed by atoms with E-state index in [9.17, 15) is 4.79 Å². The maximum absolute atomic E-state index is 11.5. The highest BCUT2D eigenvalue weighted by atomic mass is 16.5. The zero-order valence-corrected chi connectivity index (χ0v) is 12.7. The molecule has 2 aromatic carbocycles. The SMILES string of the molecule is COC(=O)c1ccc(C(CN)N2CCc3ccccc32)cc1. The lowest BCUT2D eigenvalue weighted by molar-refractivity contribution is 0.0600. The number of ether oxygens (including phenoxy) is 1. The molecular formula is C18H20N2O2. The number of methoxy groups -OCH3 is 1. The van der Waals surface area contributed by atoms with Gasteiger partial charge in [0.2, 0.25) is 0 Å². The molecule has 0 aliphatic carbocycles. The Labute approximate surface area is 130 Å². The molecule has 0 amide bonds. The van der Waals surface area contributed by atoms with E-state index in [4.69, 9.17) is 10.5 Å². The number of para-hydroxylation sites is 1. The zero-order valence-electron chi connectivity index (χ0n) is 12.7. The van der Waals surface area contributed by atoms with Crippen LogP contribution in [0, 0.1) is 0 Å². The van der Waals surface area contributed by atoms with Crippen molar-refractivity contribution in [1.29, 1.82) is 0 Å². The Kier molecular flexibility index (Phi) is 4.11. The highest BCUT2D eigenvalue weighted by Crippen LogP contribution is 2.34. The Morgan fingerprint density at radius 1 is 1.23 bits per heavy atom. The predicted octanol–water partition coefficient (Wildman–Crippen LogP) is 2.54. The lowest BCUT2D eigenvalue weighted by atomic mass is 10.0. The monoisotopic (exact) mass is 296 g/mol. The second-order valence-corrected chi connectivity index (χ2v) is 5.44. The third kappa shape index (κ3) is 2.57. The number of carbonyl (C=O) groups excluding carboxylic acids is 1. The molecule has 1 atom stereocenters. The molecule has 0 spiro atoms. The Morgan fingerprint density at radius 3 is 2.64 bits per heavy atom. The van der Waals surface area contributed by atoms with Gasteiger partial charge in [-0.2, -0.15) is 0 Å². The second-order valence-electron chi connectivity index (χ2n) is 5.44. The van der Waals surface area contributed by atoms with E-state index in [1.54, 1.807) is 12.1 Å². The van der Waals surface area contributed by atoms with E-state index in [2.05, 4.69) is 29.2 Å². The van der Waals surface area contributed by atoms with Crippen LogP contribution in [0.3, 0.4) is 0 Å².